The molecule has 6 rings (SSSR count). The summed E-state index contributed by atoms with van der Waals surface area (Å²) in [7, 11) is 0. The van der Waals surface area contributed by atoms with Crippen LogP contribution in [0.25, 0.3) is 0 Å². The summed E-state index contributed by atoms with van der Waals surface area (Å²) >= 11 is 0. The average Bonchev–Trinajstić information content (AvgIpc) is 2.70. The Morgan fingerprint density at radius 1 is 1.10 bits per heavy atom. The Bertz CT molecular complexity index is 742. The molecule has 4 bridgehead atoms. The quantitative estimate of drug-likeness (QED) is 0.669. The highest BCUT2D eigenvalue weighted by Crippen LogP contribution is 2.61. The minimum Gasteiger partial charge on any atom is -0.378 e. The second-order valence-electron chi connectivity index (χ2n) is 10.1. The van der Waals surface area contributed by atoms with Gasteiger partial charge in [-0.3, -0.25) is 4.79 Å². The van der Waals surface area contributed by atoms with Crippen LogP contribution in [0.15, 0.2) is 6.07 Å². The monoisotopic (exact) mass is 413 g/mol. The number of nitrogens with one attached hydrogen (secondary N) is 2. The Balaban J connectivity index is 1.09. The zero-order valence-electron chi connectivity index (χ0n) is 18.2. The van der Waals surface area contributed by atoms with Gasteiger partial charge in [0.25, 0.3) is 0 Å². The van der Waals surface area contributed by atoms with Crippen LogP contribution >= 0.6 is 0 Å². The van der Waals surface area contributed by atoms with Crippen LogP contribution in [0.2, 0.25) is 0 Å². The summed E-state index contributed by atoms with van der Waals surface area (Å²) in [6, 6.07) is 2.00. The van der Waals surface area contributed by atoms with Crippen molar-refractivity contribution in [2.45, 2.75) is 51.9 Å². The lowest BCUT2D eigenvalue weighted by molar-refractivity contribution is -0.129. The molecule has 2 heterocycles. The Labute approximate surface area is 179 Å². The number of carbonyl (C=O) groups excluding carboxylic acids is 1. The first kappa shape index (κ1) is 20.0. The molecule has 0 radical (unpaired) electrons. The van der Waals surface area contributed by atoms with Gasteiger partial charge in [0.05, 0.1) is 13.2 Å². The van der Waals surface area contributed by atoms with E-state index < -0.39 is 0 Å². The fourth-order valence-corrected chi connectivity index (χ4v) is 6.90. The lowest BCUT2D eigenvalue weighted by Gasteiger charge is -2.56. The predicted molar refractivity (Wildman–Crippen MR) is 117 cm³/mol. The SMILES string of the molecule is Cc1nc(NCCNC(=O)CC23CC4CC(CC(C4)C2)C3)cc(N2CCOCC2)n1. The van der Waals surface area contributed by atoms with Crippen molar-refractivity contribution in [1.82, 2.24) is 15.3 Å². The molecule has 0 atom stereocenters. The molecule has 1 amide bonds. The average molecular weight is 414 g/mol. The summed E-state index contributed by atoms with van der Waals surface area (Å²) in [5, 5.41) is 6.50. The zero-order chi connectivity index (χ0) is 20.6. The van der Waals surface area contributed by atoms with Crippen molar-refractivity contribution in [2.24, 2.45) is 23.2 Å². The van der Waals surface area contributed by atoms with E-state index in [1.807, 2.05) is 13.0 Å². The third-order valence-electron chi connectivity index (χ3n) is 7.61. The van der Waals surface area contributed by atoms with Gasteiger partial charge < -0.3 is 20.3 Å². The number of ether oxygens (including phenoxy) is 1. The number of morpholine rings is 1. The van der Waals surface area contributed by atoms with Crippen molar-refractivity contribution in [3.8, 4) is 0 Å². The van der Waals surface area contributed by atoms with E-state index in [1.165, 1.54) is 38.5 Å². The van der Waals surface area contributed by atoms with Crippen molar-refractivity contribution in [1.29, 1.82) is 0 Å². The Hall–Kier alpha value is -1.89. The molecule has 4 saturated carbocycles. The molecule has 7 heteroatoms. The summed E-state index contributed by atoms with van der Waals surface area (Å²) in [5.41, 5.74) is 0.309. The third kappa shape index (κ3) is 4.41. The van der Waals surface area contributed by atoms with Gasteiger partial charge in [-0.25, -0.2) is 9.97 Å². The molecule has 0 unspecified atom stereocenters. The lowest BCUT2D eigenvalue weighted by atomic mass is 9.49. The second-order valence-corrected chi connectivity index (χ2v) is 10.1. The Morgan fingerprint density at radius 3 is 2.43 bits per heavy atom. The van der Waals surface area contributed by atoms with Crippen LogP contribution in [0.5, 0.6) is 0 Å². The van der Waals surface area contributed by atoms with Crippen LogP contribution in [0.3, 0.4) is 0 Å². The van der Waals surface area contributed by atoms with Gasteiger partial charge >= 0.3 is 0 Å². The van der Waals surface area contributed by atoms with Crippen LogP contribution in [-0.2, 0) is 9.53 Å². The molecule has 1 aromatic heterocycles. The van der Waals surface area contributed by atoms with E-state index in [1.54, 1.807) is 0 Å². The second kappa shape index (κ2) is 8.33. The topological polar surface area (TPSA) is 79.4 Å². The van der Waals surface area contributed by atoms with E-state index in [-0.39, 0.29) is 5.91 Å². The maximum Gasteiger partial charge on any atom is 0.220 e. The number of aryl methyl sites for hydroxylation is 1. The van der Waals surface area contributed by atoms with Crippen LogP contribution in [0.4, 0.5) is 11.6 Å². The predicted octanol–water partition coefficient (Wildman–Crippen LogP) is 2.76. The van der Waals surface area contributed by atoms with Crippen molar-refractivity contribution in [3.05, 3.63) is 11.9 Å². The molecule has 7 nitrogen and oxygen atoms in total. The van der Waals surface area contributed by atoms with E-state index >= 15 is 0 Å². The van der Waals surface area contributed by atoms with E-state index in [0.717, 1.165) is 67.9 Å². The minimum absolute atomic E-state index is 0.228. The first-order chi connectivity index (χ1) is 14.6. The van der Waals surface area contributed by atoms with Crippen LogP contribution in [0, 0.1) is 30.1 Å². The molecule has 30 heavy (non-hydrogen) atoms. The van der Waals surface area contributed by atoms with Gasteiger partial charge in [0, 0.05) is 38.7 Å². The van der Waals surface area contributed by atoms with Gasteiger partial charge in [0.2, 0.25) is 5.91 Å². The summed E-state index contributed by atoms with van der Waals surface area (Å²) in [4.78, 5) is 24.0. The molecule has 5 aliphatic rings. The number of nitrogens with zero attached hydrogens (tertiary/aromatic N) is 3. The molecule has 2 N–H and O–H groups in total. The molecule has 1 aromatic rings. The first-order valence-electron chi connectivity index (χ1n) is 11.8. The third-order valence-corrected chi connectivity index (χ3v) is 7.61. The van der Waals surface area contributed by atoms with Gasteiger partial charge in [-0.05, 0) is 68.6 Å². The van der Waals surface area contributed by atoms with E-state index in [0.29, 0.717) is 18.5 Å². The Kier molecular flexibility index (Phi) is 5.56. The maximum absolute atomic E-state index is 12.7. The van der Waals surface area contributed by atoms with Crippen LogP contribution in [0.1, 0.15) is 50.8 Å². The first-order valence-corrected chi connectivity index (χ1v) is 11.8. The number of hydrogen-bond acceptors (Lipinski definition) is 6. The molecule has 1 aliphatic heterocycles. The summed E-state index contributed by atoms with van der Waals surface area (Å²) < 4.78 is 5.43. The van der Waals surface area contributed by atoms with E-state index in [4.69, 9.17) is 4.74 Å². The van der Waals surface area contributed by atoms with Crippen molar-refractivity contribution >= 4 is 17.5 Å². The standard InChI is InChI=1S/C23H35N5O2/c1-16-26-20(11-21(27-16)28-4-6-30-7-5-28)24-2-3-25-22(29)15-23-12-17-8-18(13-23)10-19(9-17)14-23/h11,17-19H,2-10,12-15H2,1H3,(H,25,29)(H,24,26,27). The molecule has 1 saturated heterocycles. The molecule has 0 spiro atoms. The molecular formula is C23H35N5O2. The number of hydrogen-bond donors (Lipinski definition) is 2. The fraction of sp³-hybridized carbons (Fsp3) is 0.783. The summed E-state index contributed by atoms with van der Waals surface area (Å²) in [6.45, 7) is 6.41. The van der Waals surface area contributed by atoms with Crippen molar-refractivity contribution in [3.63, 3.8) is 0 Å². The highest BCUT2D eigenvalue weighted by Gasteiger charge is 2.51. The van der Waals surface area contributed by atoms with Gasteiger partial charge in [0.1, 0.15) is 17.5 Å². The smallest absolute Gasteiger partial charge is 0.220 e. The highest BCUT2D eigenvalue weighted by atomic mass is 16.5. The molecule has 0 aromatic carbocycles. The normalized spacial score (nSPS) is 32.3. The molecular weight excluding hydrogens is 378 g/mol. The fourth-order valence-electron chi connectivity index (χ4n) is 6.90. The Morgan fingerprint density at radius 2 is 1.77 bits per heavy atom. The van der Waals surface area contributed by atoms with Crippen molar-refractivity contribution < 1.29 is 9.53 Å². The van der Waals surface area contributed by atoms with Gasteiger partial charge in [0.15, 0.2) is 0 Å². The van der Waals surface area contributed by atoms with Gasteiger partial charge in [-0.2, -0.15) is 0 Å². The molecule has 5 fully saturated rings. The summed E-state index contributed by atoms with van der Waals surface area (Å²) in [6.07, 6.45) is 8.87. The number of anilines is 2. The number of amides is 1. The van der Waals surface area contributed by atoms with E-state index in [2.05, 4.69) is 25.5 Å². The number of carbonyl (C=O) groups is 1. The lowest BCUT2D eigenvalue weighted by Crippen LogP contribution is -2.48. The molecule has 4 aliphatic carbocycles. The number of rotatable bonds is 7. The van der Waals surface area contributed by atoms with Gasteiger partial charge in [-0.15, -0.1) is 0 Å². The highest BCUT2D eigenvalue weighted by molar-refractivity contribution is 5.76. The largest absolute Gasteiger partial charge is 0.378 e. The minimum atomic E-state index is 0.228. The van der Waals surface area contributed by atoms with E-state index in [9.17, 15) is 4.79 Å². The van der Waals surface area contributed by atoms with Crippen LogP contribution < -0.4 is 15.5 Å². The van der Waals surface area contributed by atoms with Gasteiger partial charge in [-0.1, -0.05) is 0 Å². The number of aromatic nitrogens is 2. The summed E-state index contributed by atoms with van der Waals surface area (Å²) in [5.74, 6) is 5.43. The zero-order valence-corrected chi connectivity index (χ0v) is 18.2. The molecule has 164 valence electrons. The van der Waals surface area contributed by atoms with Crippen molar-refractivity contribution in [2.75, 3.05) is 49.6 Å². The van der Waals surface area contributed by atoms with Crippen LogP contribution in [-0.4, -0.2) is 55.3 Å². The maximum atomic E-state index is 12.7.